The first-order valence-electron chi connectivity index (χ1n) is 21.4. The smallest absolute Gasteiger partial charge is 0.417 e. The quantitative estimate of drug-likeness (QED) is 0.100. The second-order valence-electron chi connectivity index (χ2n) is 15.6. The highest BCUT2D eigenvalue weighted by Crippen LogP contribution is 2.39. The van der Waals surface area contributed by atoms with Gasteiger partial charge in [0.1, 0.15) is 49.3 Å². The van der Waals surface area contributed by atoms with Crippen LogP contribution in [-0.2, 0) is 91.1 Å². The molecule has 0 spiro atoms. The Bertz CT molecular complexity index is 1970. The molecule has 0 saturated carbocycles. The normalized spacial score (nSPS) is 26.2. The molecule has 3 fully saturated rings. The van der Waals surface area contributed by atoms with Crippen LogP contribution in [0.25, 0.3) is 0 Å². The third-order valence-electron chi connectivity index (χ3n) is 10.6. The molecule has 0 aromatic heterocycles. The van der Waals surface area contributed by atoms with Crippen LogP contribution in [0.3, 0.4) is 0 Å². The molecule has 17 heteroatoms. The van der Waals surface area contributed by atoms with Gasteiger partial charge in [-0.15, -0.1) is 0 Å². The van der Waals surface area contributed by atoms with Gasteiger partial charge in [0.15, 0.2) is 24.8 Å². The Labute approximate surface area is 372 Å². The van der Waals surface area contributed by atoms with Gasteiger partial charge in [0.25, 0.3) is 0 Å². The molecule has 17 nitrogen and oxygen atoms in total. The zero-order valence-corrected chi connectivity index (χ0v) is 36.6. The van der Waals surface area contributed by atoms with Crippen molar-refractivity contribution in [3.05, 3.63) is 108 Å². The molecule has 3 heterocycles. The Morgan fingerprint density at radius 3 is 1.83 bits per heavy atom. The van der Waals surface area contributed by atoms with Crippen molar-refractivity contribution in [1.29, 1.82) is 0 Å². The highest BCUT2D eigenvalue weighted by atomic mass is 16.8. The van der Waals surface area contributed by atoms with Crippen molar-refractivity contribution in [3.8, 4) is 0 Å². The topological polar surface area (TPSA) is 190 Å². The molecule has 3 aliphatic rings. The summed E-state index contributed by atoms with van der Waals surface area (Å²) in [7, 11) is 0. The molecule has 6 rings (SSSR count). The number of carbonyl (C=O) groups excluding carboxylic acids is 5. The third kappa shape index (κ3) is 13.2. The van der Waals surface area contributed by atoms with Crippen LogP contribution in [-0.4, -0.2) is 122 Å². The van der Waals surface area contributed by atoms with Crippen molar-refractivity contribution in [2.45, 2.75) is 135 Å². The van der Waals surface area contributed by atoms with Gasteiger partial charge in [-0.3, -0.25) is 19.2 Å². The minimum absolute atomic E-state index is 0.00949. The molecular formula is C47H57NO16. The van der Waals surface area contributed by atoms with E-state index in [1.807, 2.05) is 97.9 Å². The Kier molecular flexibility index (Phi) is 17.8. The number of esters is 3. The van der Waals surface area contributed by atoms with Crippen LogP contribution in [0.4, 0.5) is 4.79 Å². The molecule has 0 N–H and O–H groups in total. The van der Waals surface area contributed by atoms with Gasteiger partial charge in [-0.05, 0) is 23.1 Å². The van der Waals surface area contributed by atoms with Crippen LogP contribution in [0.5, 0.6) is 0 Å². The lowest BCUT2D eigenvalue weighted by Crippen LogP contribution is -2.65. The average Bonchev–Trinajstić information content (AvgIpc) is 3.62. The van der Waals surface area contributed by atoms with Crippen molar-refractivity contribution >= 4 is 29.9 Å². The minimum Gasteiger partial charge on any atom is -0.462 e. The molecule has 3 aliphatic heterocycles. The second-order valence-corrected chi connectivity index (χ2v) is 15.6. The Morgan fingerprint density at radius 2 is 1.28 bits per heavy atom. The van der Waals surface area contributed by atoms with E-state index in [2.05, 4.69) is 0 Å². The van der Waals surface area contributed by atoms with Gasteiger partial charge in [-0.2, -0.15) is 0 Å². The van der Waals surface area contributed by atoms with E-state index in [4.69, 9.17) is 52.1 Å². The highest BCUT2D eigenvalue weighted by Gasteiger charge is 2.59. The lowest BCUT2D eigenvalue weighted by molar-refractivity contribution is -0.354. The molecule has 3 aromatic carbocycles. The van der Waals surface area contributed by atoms with Gasteiger partial charge in [0.05, 0.1) is 26.4 Å². The maximum absolute atomic E-state index is 13.4. The standard InChI is InChI=1S/C47H57NO16/c1-6-22-55-46-45(58-26-35-20-14-9-15-21-35)44(57-25-34-18-12-8-13-19-34)42(37(61-46)27-54-24-33-16-10-7-11-17-33)63-39-23-36-40(48(29(2)49)47(53)62-36)43(64-39)41(60-32(5)52)38(59-31(4)51)28-56-30(3)50/h7-21,36-46H,6,22-28H2,1-5H3/t36-,37+,38?,39?,40+,41?,42-,43+,44-,45+,46+/m0/s1. The maximum atomic E-state index is 13.4. The molecule has 11 atom stereocenters. The summed E-state index contributed by atoms with van der Waals surface area (Å²) in [5, 5.41) is 0. The molecule has 346 valence electrons. The minimum atomic E-state index is -1.55. The molecule has 3 saturated heterocycles. The summed E-state index contributed by atoms with van der Waals surface area (Å²) in [5.41, 5.74) is 2.68. The average molecular weight is 892 g/mol. The van der Waals surface area contributed by atoms with Crippen molar-refractivity contribution in [2.24, 2.45) is 0 Å². The van der Waals surface area contributed by atoms with Gasteiger partial charge in [0.2, 0.25) is 5.91 Å². The maximum Gasteiger partial charge on any atom is 0.417 e. The highest BCUT2D eigenvalue weighted by molar-refractivity contribution is 5.92. The monoisotopic (exact) mass is 891 g/mol. The molecule has 0 bridgehead atoms. The SMILES string of the molecule is CCCO[C@@H]1O[C@H](COCc2ccccc2)[C@H](OC2C[C@@H]3OC(=O)N(C(C)=O)[C@H]3[C@H](C(OC(C)=O)C(COC(C)=O)OC(C)=O)O2)[C@H](OCc2ccccc2)[C@H]1OCc1ccccc1. The zero-order chi connectivity index (χ0) is 45.6. The van der Waals surface area contributed by atoms with Crippen LogP contribution in [0.2, 0.25) is 0 Å². The van der Waals surface area contributed by atoms with E-state index in [1.54, 1.807) is 0 Å². The third-order valence-corrected chi connectivity index (χ3v) is 10.6. The summed E-state index contributed by atoms with van der Waals surface area (Å²) in [6.45, 7) is 6.86. The number of hydrogen-bond acceptors (Lipinski definition) is 16. The van der Waals surface area contributed by atoms with Crippen molar-refractivity contribution in [1.82, 2.24) is 4.90 Å². The van der Waals surface area contributed by atoms with Crippen LogP contribution in [0.1, 0.15) is 64.2 Å². The molecule has 3 aromatic rings. The first kappa shape index (κ1) is 48.2. The first-order valence-corrected chi connectivity index (χ1v) is 21.4. The van der Waals surface area contributed by atoms with E-state index in [0.717, 1.165) is 42.4 Å². The fraction of sp³-hybridized carbons (Fsp3) is 0.511. The van der Waals surface area contributed by atoms with Crippen molar-refractivity contribution in [3.63, 3.8) is 0 Å². The molecule has 0 aliphatic carbocycles. The van der Waals surface area contributed by atoms with Crippen LogP contribution >= 0.6 is 0 Å². The number of amides is 2. The van der Waals surface area contributed by atoms with Crippen molar-refractivity contribution < 1.29 is 76.1 Å². The number of benzene rings is 3. The fourth-order valence-electron chi connectivity index (χ4n) is 7.93. The van der Waals surface area contributed by atoms with E-state index < -0.39 is 104 Å². The summed E-state index contributed by atoms with van der Waals surface area (Å²) >= 11 is 0. The van der Waals surface area contributed by atoms with E-state index in [0.29, 0.717) is 13.0 Å². The summed E-state index contributed by atoms with van der Waals surface area (Å²) in [4.78, 5) is 64.5. The number of fused-ring (bicyclic) bond motifs is 1. The van der Waals surface area contributed by atoms with Crippen molar-refractivity contribution in [2.75, 3.05) is 19.8 Å². The van der Waals surface area contributed by atoms with Gasteiger partial charge in [-0.1, -0.05) is 97.9 Å². The first-order chi connectivity index (χ1) is 30.9. The second kappa shape index (κ2) is 23.6. The van der Waals surface area contributed by atoms with E-state index in [1.165, 1.54) is 6.92 Å². The summed E-state index contributed by atoms with van der Waals surface area (Å²) in [6, 6.07) is 27.5. The number of nitrogens with zero attached hydrogens (tertiary/aromatic N) is 1. The van der Waals surface area contributed by atoms with Crippen LogP contribution < -0.4 is 0 Å². The van der Waals surface area contributed by atoms with Crippen LogP contribution in [0, 0.1) is 0 Å². The van der Waals surface area contributed by atoms with Gasteiger partial charge < -0.3 is 52.1 Å². The molecular weight excluding hydrogens is 835 g/mol. The Morgan fingerprint density at radius 1 is 0.703 bits per heavy atom. The Balaban J connectivity index is 1.40. The Hall–Kier alpha value is -5.27. The zero-order valence-electron chi connectivity index (χ0n) is 36.6. The van der Waals surface area contributed by atoms with Gasteiger partial charge in [0, 0.05) is 40.7 Å². The molecule has 0 radical (unpaired) electrons. The lowest BCUT2D eigenvalue weighted by atomic mass is 9.91. The van der Waals surface area contributed by atoms with Gasteiger partial charge >= 0.3 is 24.0 Å². The molecule has 64 heavy (non-hydrogen) atoms. The summed E-state index contributed by atoms with van der Waals surface area (Å²) in [5.74, 6) is -3.01. The fourth-order valence-corrected chi connectivity index (χ4v) is 7.93. The molecule has 3 unspecified atom stereocenters. The van der Waals surface area contributed by atoms with E-state index in [9.17, 15) is 24.0 Å². The summed E-state index contributed by atoms with van der Waals surface area (Å²) < 4.78 is 68.8. The van der Waals surface area contributed by atoms with E-state index >= 15 is 0 Å². The number of imide groups is 1. The number of rotatable bonds is 21. The van der Waals surface area contributed by atoms with E-state index in [-0.39, 0.29) is 32.8 Å². The number of ether oxygens (including phenoxy) is 11. The van der Waals surface area contributed by atoms with Crippen LogP contribution in [0.15, 0.2) is 91.0 Å². The summed E-state index contributed by atoms with van der Waals surface area (Å²) in [6.07, 6.45) is -11.9. The predicted octanol–water partition coefficient (Wildman–Crippen LogP) is 5.19. The molecule has 2 amide bonds. The number of hydrogen-bond donors (Lipinski definition) is 0. The van der Waals surface area contributed by atoms with Gasteiger partial charge in [-0.25, -0.2) is 9.69 Å². The lowest BCUT2D eigenvalue weighted by Gasteiger charge is -2.48. The number of carbonyl (C=O) groups is 5. The largest absolute Gasteiger partial charge is 0.462 e. The predicted molar refractivity (Wildman–Crippen MR) is 224 cm³/mol.